The summed E-state index contributed by atoms with van der Waals surface area (Å²) >= 11 is 6.12. The number of fused-ring (bicyclic) bond motifs is 1. The number of benzene rings is 2. The summed E-state index contributed by atoms with van der Waals surface area (Å²) in [7, 11) is 0. The van der Waals surface area contributed by atoms with E-state index in [1.165, 1.54) is 12.1 Å². The molecule has 1 aliphatic carbocycles. The van der Waals surface area contributed by atoms with Crippen LogP contribution < -0.4 is 5.32 Å². The van der Waals surface area contributed by atoms with Gasteiger partial charge in [0.1, 0.15) is 5.82 Å². The zero-order valence-electron chi connectivity index (χ0n) is 15.3. The topological polar surface area (TPSA) is 59.8 Å². The summed E-state index contributed by atoms with van der Waals surface area (Å²) in [5, 5.41) is 8.86. The number of aromatic nitrogens is 3. The third kappa shape index (κ3) is 3.15. The second-order valence-electron chi connectivity index (χ2n) is 7.20. The van der Waals surface area contributed by atoms with Gasteiger partial charge in [0.25, 0.3) is 5.91 Å². The molecule has 0 radical (unpaired) electrons. The molecule has 0 spiro atoms. The Bertz CT molecular complexity index is 1230. The predicted molar refractivity (Wildman–Crippen MR) is 109 cm³/mol. The highest BCUT2D eigenvalue weighted by molar-refractivity contribution is 6.30. The molecule has 2 aromatic heterocycles. The first-order valence-corrected chi connectivity index (χ1v) is 9.60. The van der Waals surface area contributed by atoms with Crippen molar-refractivity contribution < 1.29 is 9.18 Å². The van der Waals surface area contributed by atoms with Gasteiger partial charge < -0.3 is 5.32 Å². The highest BCUT2D eigenvalue weighted by Crippen LogP contribution is 2.46. The van der Waals surface area contributed by atoms with E-state index in [1.54, 1.807) is 35.4 Å². The standard InChI is InChI=1S/C22H16ClFN4O/c23-15-3-1-2-14(10-15)22(8-9-22)27-21(29)19-11-25-13-20-18(19)12-26-28(20)17-6-4-16(24)5-7-17/h1-7,10-13H,8-9H2,(H,27,29). The molecule has 2 aromatic carbocycles. The summed E-state index contributed by atoms with van der Waals surface area (Å²) in [5.74, 6) is -0.529. The fourth-order valence-corrected chi connectivity index (χ4v) is 3.78. The zero-order chi connectivity index (χ0) is 20.0. The number of halogens is 2. The van der Waals surface area contributed by atoms with E-state index in [0.29, 0.717) is 27.2 Å². The van der Waals surface area contributed by atoms with Crippen LogP contribution in [0.15, 0.2) is 67.1 Å². The van der Waals surface area contributed by atoms with Gasteiger partial charge in [-0.25, -0.2) is 9.07 Å². The van der Waals surface area contributed by atoms with Gasteiger partial charge in [-0.15, -0.1) is 0 Å². The van der Waals surface area contributed by atoms with Crippen molar-refractivity contribution in [1.29, 1.82) is 0 Å². The number of nitrogens with zero attached hydrogens (tertiary/aromatic N) is 3. The van der Waals surface area contributed by atoms with Crippen molar-refractivity contribution in [3.8, 4) is 5.69 Å². The molecule has 1 saturated carbocycles. The van der Waals surface area contributed by atoms with E-state index in [2.05, 4.69) is 15.4 Å². The fraction of sp³-hybridized carbons (Fsp3) is 0.136. The second-order valence-corrected chi connectivity index (χ2v) is 7.64. The molecule has 7 heteroatoms. The Morgan fingerprint density at radius 2 is 1.90 bits per heavy atom. The summed E-state index contributed by atoms with van der Waals surface area (Å²) in [6, 6.07) is 13.6. The summed E-state index contributed by atoms with van der Waals surface area (Å²) in [6.45, 7) is 0. The van der Waals surface area contributed by atoms with E-state index in [-0.39, 0.29) is 11.7 Å². The number of pyridine rings is 1. The third-order valence-electron chi connectivity index (χ3n) is 5.29. The van der Waals surface area contributed by atoms with Gasteiger partial charge in [0, 0.05) is 16.6 Å². The minimum Gasteiger partial charge on any atom is -0.342 e. The van der Waals surface area contributed by atoms with E-state index in [9.17, 15) is 9.18 Å². The van der Waals surface area contributed by atoms with Crippen LogP contribution in [-0.2, 0) is 5.54 Å². The lowest BCUT2D eigenvalue weighted by atomic mass is 10.0. The van der Waals surface area contributed by atoms with Crippen molar-refractivity contribution in [3.63, 3.8) is 0 Å². The number of hydrogen-bond donors (Lipinski definition) is 1. The van der Waals surface area contributed by atoms with Crippen LogP contribution in [0.3, 0.4) is 0 Å². The highest BCUT2D eigenvalue weighted by atomic mass is 35.5. The SMILES string of the molecule is O=C(NC1(c2cccc(Cl)c2)CC1)c1cncc2c1cnn2-c1ccc(F)cc1. The average molecular weight is 407 g/mol. The Morgan fingerprint density at radius 3 is 2.62 bits per heavy atom. The van der Waals surface area contributed by atoms with Gasteiger partial charge in [0.2, 0.25) is 0 Å². The second kappa shape index (κ2) is 6.67. The number of carbonyl (C=O) groups is 1. The van der Waals surface area contributed by atoms with Crippen LogP contribution in [0.5, 0.6) is 0 Å². The van der Waals surface area contributed by atoms with Gasteiger partial charge >= 0.3 is 0 Å². The van der Waals surface area contributed by atoms with Crippen LogP contribution in [0.2, 0.25) is 5.02 Å². The van der Waals surface area contributed by atoms with Crippen molar-refractivity contribution in [2.45, 2.75) is 18.4 Å². The molecule has 1 fully saturated rings. The van der Waals surface area contributed by atoms with Crippen LogP contribution in [0, 0.1) is 5.82 Å². The predicted octanol–water partition coefficient (Wildman–Crippen LogP) is 4.63. The van der Waals surface area contributed by atoms with Gasteiger partial charge in [0.15, 0.2) is 0 Å². The Hall–Kier alpha value is -3.25. The number of nitrogens with one attached hydrogen (secondary N) is 1. The molecule has 5 nitrogen and oxygen atoms in total. The minimum absolute atomic E-state index is 0.209. The van der Waals surface area contributed by atoms with Gasteiger partial charge in [-0.3, -0.25) is 9.78 Å². The molecule has 0 unspecified atom stereocenters. The van der Waals surface area contributed by atoms with Crippen molar-refractivity contribution in [3.05, 3.63) is 89.1 Å². The highest BCUT2D eigenvalue weighted by Gasteiger charge is 2.46. The van der Waals surface area contributed by atoms with Gasteiger partial charge in [0.05, 0.1) is 34.7 Å². The van der Waals surface area contributed by atoms with E-state index in [1.807, 2.05) is 24.3 Å². The van der Waals surface area contributed by atoms with Crippen molar-refractivity contribution in [2.24, 2.45) is 0 Å². The number of carbonyl (C=O) groups excluding carboxylic acids is 1. The van der Waals surface area contributed by atoms with Crippen LogP contribution in [0.4, 0.5) is 4.39 Å². The normalized spacial score (nSPS) is 14.7. The molecule has 29 heavy (non-hydrogen) atoms. The maximum atomic E-state index is 13.2. The fourth-order valence-electron chi connectivity index (χ4n) is 3.59. The van der Waals surface area contributed by atoms with Gasteiger partial charge in [-0.1, -0.05) is 23.7 Å². The summed E-state index contributed by atoms with van der Waals surface area (Å²) < 4.78 is 14.9. The number of rotatable bonds is 4. The van der Waals surface area contributed by atoms with E-state index >= 15 is 0 Å². The molecular weight excluding hydrogens is 391 g/mol. The van der Waals surface area contributed by atoms with Crippen LogP contribution in [0.1, 0.15) is 28.8 Å². The quantitative estimate of drug-likeness (QED) is 0.537. The summed E-state index contributed by atoms with van der Waals surface area (Å²) in [6.07, 6.45) is 6.54. The summed E-state index contributed by atoms with van der Waals surface area (Å²) in [4.78, 5) is 17.3. The minimum atomic E-state index is -0.392. The molecule has 1 aliphatic rings. The molecular formula is C22H16ClFN4O. The van der Waals surface area contributed by atoms with E-state index < -0.39 is 5.54 Å². The lowest BCUT2D eigenvalue weighted by Crippen LogP contribution is -2.35. The molecule has 0 bridgehead atoms. The molecule has 2 heterocycles. The molecule has 1 amide bonds. The summed E-state index contributed by atoms with van der Waals surface area (Å²) in [5.41, 5.74) is 2.43. The van der Waals surface area contributed by atoms with Crippen LogP contribution >= 0.6 is 11.6 Å². The number of amides is 1. The molecule has 1 N–H and O–H groups in total. The maximum Gasteiger partial charge on any atom is 0.254 e. The molecule has 4 aromatic rings. The van der Waals surface area contributed by atoms with E-state index in [0.717, 1.165) is 18.4 Å². The largest absolute Gasteiger partial charge is 0.342 e. The molecule has 0 aliphatic heterocycles. The lowest BCUT2D eigenvalue weighted by Gasteiger charge is -2.18. The first-order valence-electron chi connectivity index (χ1n) is 9.22. The Morgan fingerprint density at radius 1 is 1.10 bits per heavy atom. The molecule has 0 atom stereocenters. The molecule has 144 valence electrons. The third-order valence-corrected chi connectivity index (χ3v) is 5.53. The van der Waals surface area contributed by atoms with Gasteiger partial charge in [-0.2, -0.15) is 5.10 Å². The Labute approximate surface area is 171 Å². The van der Waals surface area contributed by atoms with Crippen molar-refractivity contribution in [1.82, 2.24) is 20.1 Å². The van der Waals surface area contributed by atoms with Crippen LogP contribution in [0.25, 0.3) is 16.6 Å². The average Bonchev–Trinajstić information content (AvgIpc) is 3.38. The zero-order valence-corrected chi connectivity index (χ0v) is 16.0. The van der Waals surface area contributed by atoms with E-state index in [4.69, 9.17) is 11.6 Å². The van der Waals surface area contributed by atoms with Crippen LogP contribution in [-0.4, -0.2) is 20.7 Å². The maximum absolute atomic E-state index is 13.2. The molecule has 5 rings (SSSR count). The number of hydrogen-bond acceptors (Lipinski definition) is 3. The first kappa shape index (κ1) is 17.8. The smallest absolute Gasteiger partial charge is 0.254 e. The Kier molecular flexibility index (Phi) is 4.10. The Balaban J connectivity index is 1.49. The lowest BCUT2D eigenvalue weighted by molar-refractivity contribution is 0.0932. The monoisotopic (exact) mass is 406 g/mol. The van der Waals surface area contributed by atoms with Crippen molar-refractivity contribution >= 4 is 28.4 Å². The van der Waals surface area contributed by atoms with Gasteiger partial charge in [-0.05, 0) is 54.8 Å². The van der Waals surface area contributed by atoms with Crippen molar-refractivity contribution in [2.75, 3.05) is 0 Å². The first-order chi connectivity index (χ1) is 14.1. The molecule has 0 saturated heterocycles.